The molecular weight excluding hydrogens is 398 g/mol. The third kappa shape index (κ3) is 4.18. The van der Waals surface area contributed by atoms with E-state index >= 15 is 0 Å². The molecule has 4 atom stereocenters. The monoisotopic (exact) mass is 423 g/mol. The van der Waals surface area contributed by atoms with Crippen LogP contribution in [0.2, 0.25) is 0 Å². The van der Waals surface area contributed by atoms with Crippen molar-refractivity contribution in [3.8, 4) is 0 Å². The fourth-order valence-electron chi connectivity index (χ4n) is 3.75. The van der Waals surface area contributed by atoms with E-state index in [-0.39, 0.29) is 24.7 Å². The summed E-state index contributed by atoms with van der Waals surface area (Å²) in [6.45, 7) is 3.79. The molecule has 0 aromatic carbocycles. The lowest BCUT2D eigenvalue weighted by atomic mass is 10.1. The summed E-state index contributed by atoms with van der Waals surface area (Å²) in [5, 5.41) is 8.72. The van der Waals surface area contributed by atoms with E-state index in [0.29, 0.717) is 23.4 Å². The molecule has 29 heavy (non-hydrogen) atoms. The molecule has 2 aromatic rings. The van der Waals surface area contributed by atoms with Gasteiger partial charge < -0.3 is 25.1 Å². The number of nitrogens with zero attached hydrogens (tertiary/aromatic N) is 4. The van der Waals surface area contributed by atoms with Crippen molar-refractivity contribution in [3.05, 3.63) is 12.7 Å². The number of carbonyl (C=O) groups is 1. The van der Waals surface area contributed by atoms with Gasteiger partial charge in [-0.1, -0.05) is 0 Å². The molecule has 2 fully saturated rings. The third-order valence-electron chi connectivity index (χ3n) is 5.00. The van der Waals surface area contributed by atoms with Crippen LogP contribution in [0.15, 0.2) is 12.7 Å². The summed E-state index contributed by atoms with van der Waals surface area (Å²) in [4.78, 5) is 23.2. The number of nitrogen functional groups attached to an aromatic ring is 1. The Bertz CT molecular complexity index is 891. The molecule has 0 aliphatic carbocycles. The summed E-state index contributed by atoms with van der Waals surface area (Å²) in [6.07, 6.45) is 3.69. The molecule has 158 valence electrons. The first-order valence-corrected chi connectivity index (χ1v) is 10.7. The Morgan fingerprint density at radius 2 is 2.07 bits per heavy atom. The summed E-state index contributed by atoms with van der Waals surface area (Å²) in [5.41, 5.74) is 7.03. The Kier molecular flexibility index (Phi) is 5.65. The SMILES string of the molecule is CC1(C)O[C@@H]2[C@@H](O1)[C@@H](CSCCCCC(=O)O)O[C@H]2n1cnc2c(N)ncnc21. The molecule has 0 spiro atoms. The Hall–Kier alpha value is -1.95. The van der Waals surface area contributed by atoms with Crippen LogP contribution in [0.4, 0.5) is 5.82 Å². The second-order valence-corrected chi connectivity index (χ2v) is 8.79. The average molecular weight is 423 g/mol. The first-order chi connectivity index (χ1) is 13.9. The fraction of sp³-hybridized carbons (Fsp3) is 0.667. The highest BCUT2D eigenvalue weighted by Gasteiger charge is 2.55. The molecular formula is C18H25N5O5S. The van der Waals surface area contributed by atoms with Crippen LogP contribution in [0.1, 0.15) is 39.3 Å². The number of nitrogens with two attached hydrogens (primary N) is 1. The minimum absolute atomic E-state index is 0.159. The van der Waals surface area contributed by atoms with Gasteiger partial charge in [-0.05, 0) is 32.4 Å². The normalized spacial score (nSPS) is 28.1. The maximum atomic E-state index is 10.6. The van der Waals surface area contributed by atoms with E-state index in [0.717, 1.165) is 17.9 Å². The summed E-state index contributed by atoms with van der Waals surface area (Å²) >= 11 is 1.73. The van der Waals surface area contributed by atoms with Crippen LogP contribution in [-0.4, -0.2) is 66.2 Å². The lowest BCUT2D eigenvalue weighted by Crippen LogP contribution is -2.31. The van der Waals surface area contributed by atoms with Crippen molar-refractivity contribution in [1.82, 2.24) is 19.5 Å². The first-order valence-electron chi connectivity index (χ1n) is 9.59. The van der Waals surface area contributed by atoms with E-state index in [4.69, 9.17) is 25.1 Å². The van der Waals surface area contributed by atoms with Crippen molar-refractivity contribution >= 4 is 34.7 Å². The van der Waals surface area contributed by atoms with Crippen molar-refractivity contribution in [2.75, 3.05) is 17.2 Å². The van der Waals surface area contributed by atoms with Crippen molar-refractivity contribution in [3.63, 3.8) is 0 Å². The Labute approximate surface area is 172 Å². The minimum atomic E-state index is -0.754. The third-order valence-corrected chi connectivity index (χ3v) is 6.14. The number of fused-ring (bicyclic) bond motifs is 2. The Morgan fingerprint density at radius 3 is 2.86 bits per heavy atom. The second-order valence-electron chi connectivity index (χ2n) is 7.64. The Balaban J connectivity index is 1.46. The topological polar surface area (TPSA) is 135 Å². The van der Waals surface area contributed by atoms with E-state index in [1.807, 2.05) is 18.4 Å². The van der Waals surface area contributed by atoms with Gasteiger partial charge in [0.05, 0.1) is 12.4 Å². The van der Waals surface area contributed by atoms with Crippen LogP contribution < -0.4 is 5.73 Å². The van der Waals surface area contributed by atoms with Crippen molar-refractivity contribution in [2.24, 2.45) is 0 Å². The fourth-order valence-corrected chi connectivity index (χ4v) is 4.83. The minimum Gasteiger partial charge on any atom is -0.481 e. The number of aliphatic carboxylic acids is 1. The lowest BCUT2D eigenvalue weighted by Gasteiger charge is -2.24. The van der Waals surface area contributed by atoms with Crippen molar-refractivity contribution in [2.45, 2.75) is 63.4 Å². The number of carboxylic acid groups (broad SMARTS) is 1. The zero-order valence-corrected chi connectivity index (χ0v) is 17.2. The highest BCUT2D eigenvalue weighted by Crippen LogP contribution is 2.44. The zero-order chi connectivity index (χ0) is 20.6. The molecule has 10 nitrogen and oxygen atoms in total. The van der Waals surface area contributed by atoms with E-state index in [1.165, 1.54) is 6.33 Å². The number of aromatic nitrogens is 4. The summed E-state index contributed by atoms with van der Waals surface area (Å²) < 4.78 is 20.4. The molecule has 3 N–H and O–H groups in total. The maximum absolute atomic E-state index is 10.6. The van der Waals surface area contributed by atoms with Crippen LogP contribution in [0, 0.1) is 0 Å². The van der Waals surface area contributed by atoms with Gasteiger partial charge in [-0.2, -0.15) is 11.8 Å². The number of hydrogen-bond donors (Lipinski definition) is 2. The summed E-state index contributed by atoms with van der Waals surface area (Å²) in [6, 6.07) is 0. The molecule has 2 aliphatic heterocycles. The van der Waals surface area contributed by atoms with Gasteiger partial charge in [0.2, 0.25) is 0 Å². The second kappa shape index (κ2) is 8.05. The number of anilines is 1. The molecule has 0 radical (unpaired) electrons. The maximum Gasteiger partial charge on any atom is 0.303 e. The highest BCUT2D eigenvalue weighted by atomic mass is 32.2. The zero-order valence-electron chi connectivity index (χ0n) is 16.4. The van der Waals surface area contributed by atoms with Crippen LogP contribution >= 0.6 is 11.8 Å². The van der Waals surface area contributed by atoms with Gasteiger partial charge in [0, 0.05) is 12.2 Å². The van der Waals surface area contributed by atoms with Crippen molar-refractivity contribution in [1.29, 1.82) is 0 Å². The molecule has 11 heteroatoms. The van der Waals surface area contributed by atoms with E-state index in [9.17, 15) is 4.79 Å². The average Bonchev–Trinajstić information content (AvgIpc) is 3.30. The largest absolute Gasteiger partial charge is 0.481 e. The highest BCUT2D eigenvalue weighted by molar-refractivity contribution is 7.99. The molecule has 0 amide bonds. The van der Waals surface area contributed by atoms with Gasteiger partial charge in [-0.3, -0.25) is 9.36 Å². The van der Waals surface area contributed by atoms with Gasteiger partial charge in [-0.25, -0.2) is 15.0 Å². The van der Waals surface area contributed by atoms with Crippen LogP contribution in [0.5, 0.6) is 0 Å². The quantitative estimate of drug-likeness (QED) is 0.605. The van der Waals surface area contributed by atoms with Gasteiger partial charge >= 0.3 is 5.97 Å². The molecule has 2 aromatic heterocycles. The predicted molar refractivity (Wildman–Crippen MR) is 106 cm³/mol. The van der Waals surface area contributed by atoms with Gasteiger partial charge in [0.15, 0.2) is 23.5 Å². The standard InChI is InChI=1S/C18H25N5O5S/c1-18(2)27-13-10(7-29-6-4-3-5-11(24)25)26-17(14(13)28-18)23-9-22-12-15(19)20-8-21-16(12)23/h8-10,13-14,17H,3-7H2,1-2H3,(H,24,25)(H2,19,20,21)/t10-,13+,14-,17-/m1/s1. The van der Waals surface area contributed by atoms with Gasteiger partial charge in [0.25, 0.3) is 0 Å². The molecule has 4 rings (SSSR count). The molecule has 2 saturated heterocycles. The van der Waals surface area contributed by atoms with Gasteiger partial charge in [0.1, 0.15) is 24.1 Å². The molecule has 4 heterocycles. The number of carboxylic acids is 1. The molecule has 2 aliphatic rings. The number of thioether (sulfide) groups is 1. The number of hydrogen-bond acceptors (Lipinski definition) is 9. The van der Waals surface area contributed by atoms with Crippen LogP contribution in [0.25, 0.3) is 11.2 Å². The van der Waals surface area contributed by atoms with E-state index in [1.54, 1.807) is 18.1 Å². The Morgan fingerprint density at radius 1 is 1.28 bits per heavy atom. The first kappa shape index (κ1) is 20.3. The van der Waals surface area contributed by atoms with Gasteiger partial charge in [-0.15, -0.1) is 0 Å². The van der Waals surface area contributed by atoms with Crippen LogP contribution in [-0.2, 0) is 19.0 Å². The van der Waals surface area contributed by atoms with Crippen molar-refractivity contribution < 1.29 is 24.1 Å². The molecule has 0 unspecified atom stereocenters. The lowest BCUT2D eigenvalue weighted by molar-refractivity contribution is -0.193. The number of imidazole rings is 1. The smallest absolute Gasteiger partial charge is 0.303 e. The molecule has 0 bridgehead atoms. The summed E-state index contributed by atoms with van der Waals surface area (Å²) in [5.74, 6) is 0.466. The number of rotatable bonds is 8. The predicted octanol–water partition coefficient (Wildman–Crippen LogP) is 1.81. The van der Waals surface area contributed by atoms with E-state index < -0.39 is 18.0 Å². The van der Waals surface area contributed by atoms with Crippen LogP contribution in [0.3, 0.4) is 0 Å². The van der Waals surface area contributed by atoms with E-state index in [2.05, 4.69) is 15.0 Å². The summed E-state index contributed by atoms with van der Waals surface area (Å²) in [7, 11) is 0. The molecule has 0 saturated carbocycles. The number of ether oxygens (including phenoxy) is 3. The number of unbranched alkanes of at least 4 members (excludes halogenated alkanes) is 1.